The van der Waals surface area contributed by atoms with Crippen molar-refractivity contribution in [1.29, 1.82) is 0 Å². The van der Waals surface area contributed by atoms with Gasteiger partial charge in [0.1, 0.15) is 18.2 Å². The quantitative estimate of drug-likeness (QED) is 0.800. The summed E-state index contributed by atoms with van der Waals surface area (Å²) in [6.45, 7) is 1.44. The maximum Gasteiger partial charge on any atom is 0.336 e. The third-order valence-electron chi connectivity index (χ3n) is 4.49. The van der Waals surface area contributed by atoms with Crippen LogP contribution in [0.4, 0.5) is 4.39 Å². The number of carboxylic acids is 1. The molecule has 0 amide bonds. The minimum Gasteiger partial charge on any atom is -0.492 e. The van der Waals surface area contributed by atoms with E-state index in [1.165, 1.54) is 18.2 Å². The van der Waals surface area contributed by atoms with Gasteiger partial charge in [-0.3, -0.25) is 4.90 Å². The number of thiol groups is 1. The van der Waals surface area contributed by atoms with Gasteiger partial charge in [-0.2, -0.15) is 12.6 Å². The van der Waals surface area contributed by atoms with Crippen molar-refractivity contribution >= 4 is 18.6 Å². The Kier molecular flexibility index (Phi) is 5.30. The normalized spacial score (nSPS) is 20.6. The smallest absolute Gasteiger partial charge is 0.336 e. The van der Waals surface area contributed by atoms with Crippen LogP contribution < -0.4 is 4.74 Å². The van der Waals surface area contributed by atoms with Crippen molar-refractivity contribution < 1.29 is 19.0 Å². The fourth-order valence-electron chi connectivity index (χ4n) is 3.11. The Balaban J connectivity index is 1.83. The Morgan fingerprint density at radius 1 is 1.32 bits per heavy atom. The Morgan fingerprint density at radius 2 is 2.04 bits per heavy atom. The van der Waals surface area contributed by atoms with Crippen molar-refractivity contribution in [3.05, 3.63) is 53.8 Å². The summed E-state index contributed by atoms with van der Waals surface area (Å²) in [5.74, 6) is -0.793. The van der Waals surface area contributed by atoms with E-state index in [-0.39, 0.29) is 17.4 Å². The van der Waals surface area contributed by atoms with E-state index in [2.05, 4.69) is 17.5 Å². The lowest BCUT2D eigenvalue weighted by atomic mass is 9.99. The number of hydrogen-bond donors (Lipinski definition) is 2. The summed E-state index contributed by atoms with van der Waals surface area (Å²) in [4.78, 5) is 13.7. The highest BCUT2D eigenvalue weighted by Crippen LogP contribution is 2.29. The van der Waals surface area contributed by atoms with Crippen LogP contribution in [0.15, 0.2) is 42.5 Å². The van der Waals surface area contributed by atoms with Crippen LogP contribution in [0.3, 0.4) is 0 Å². The first-order valence-corrected chi connectivity index (χ1v) is 8.60. The van der Waals surface area contributed by atoms with E-state index in [0.717, 1.165) is 13.0 Å². The Labute approximate surface area is 151 Å². The van der Waals surface area contributed by atoms with Gasteiger partial charge in [-0.25, -0.2) is 9.18 Å². The zero-order valence-electron chi connectivity index (χ0n) is 13.9. The molecule has 4 nitrogen and oxygen atoms in total. The van der Waals surface area contributed by atoms with E-state index >= 15 is 0 Å². The summed E-state index contributed by atoms with van der Waals surface area (Å²) in [6.07, 6.45) is 0.956. The van der Waals surface area contributed by atoms with Gasteiger partial charge >= 0.3 is 5.97 Å². The molecule has 0 radical (unpaired) electrons. The second-order valence-corrected chi connectivity index (χ2v) is 7.04. The molecular weight excluding hydrogens is 341 g/mol. The first-order valence-electron chi connectivity index (χ1n) is 8.08. The molecule has 2 unspecified atom stereocenters. The summed E-state index contributed by atoms with van der Waals surface area (Å²) < 4.78 is 19.0. The van der Waals surface area contributed by atoms with Gasteiger partial charge in [-0.15, -0.1) is 0 Å². The van der Waals surface area contributed by atoms with Crippen molar-refractivity contribution in [3.8, 4) is 16.9 Å². The highest BCUT2D eigenvalue weighted by atomic mass is 32.1. The minimum atomic E-state index is -1.03. The first kappa shape index (κ1) is 17.8. The summed E-state index contributed by atoms with van der Waals surface area (Å²) in [7, 11) is 2.04. The number of halogens is 1. The van der Waals surface area contributed by atoms with Gasteiger partial charge in [-0.05, 0) is 54.9 Å². The van der Waals surface area contributed by atoms with Gasteiger partial charge in [0, 0.05) is 17.8 Å². The number of carbonyl (C=O) groups is 1. The van der Waals surface area contributed by atoms with E-state index < -0.39 is 5.97 Å². The molecule has 1 saturated heterocycles. The van der Waals surface area contributed by atoms with E-state index in [1.54, 1.807) is 24.3 Å². The molecule has 6 heteroatoms. The monoisotopic (exact) mass is 361 g/mol. The molecule has 0 spiro atoms. The van der Waals surface area contributed by atoms with Crippen molar-refractivity contribution in [3.63, 3.8) is 0 Å². The van der Waals surface area contributed by atoms with E-state index in [0.29, 0.717) is 28.7 Å². The largest absolute Gasteiger partial charge is 0.492 e. The van der Waals surface area contributed by atoms with Gasteiger partial charge in [0.05, 0.1) is 5.56 Å². The molecule has 0 saturated carbocycles. The van der Waals surface area contributed by atoms with Crippen LogP contribution >= 0.6 is 12.6 Å². The van der Waals surface area contributed by atoms with Gasteiger partial charge in [-0.1, -0.05) is 12.1 Å². The number of ether oxygens (including phenoxy) is 1. The lowest BCUT2D eigenvalue weighted by Crippen LogP contribution is -2.30. The molecule has 0 bridgehead atoms. The molecule has 1 aliphatic rings. The lowest BCUT2D eigenvalue weighted by molar-refractivity contribution is 0.0697. The highest BCUT2D eigenvalue weighted by molar-refractivity contribution is 7.81. The zero-order chi connectivity index (χ0) is 18.0. The van der Waals surface area contributed by atoms with Gasteiger partial charge < -0.3 is 9.84 Å². The molecule has 1 fully saturated rings. The molecule has 132 valence electrons. The lowest BCUT2D eigenvalue weighted by Gasteiger charge is -2.20. The predicted octanol–water partition coefficient (Wildman–Crippen LogP) is 3.57. The molecule has 25 heavy (non-hydrogen) atoms. The number of hydrogen-bond acceptors (Lipinski definition) is 4. The molecule has 0 aromatic heterocycles. The topological polar surface area (TPSA) is 49.8 Å². The van der Waals surface area contributed by atoms with Gasteiger partial charge in [0.2, 0.25) is 0 Å². The molecule has 2 aromatic carbocycles. The summed E-state index contributed by atoms with van der Waals surface area (Å²) in [5.41, 5.74) is 1.31. The molecule has 2 aromatic rings. The average molecular weight is 361 g/mol. The average Bonchev–Trinajstić information content (AvgIpc) is 2.91. The number of benzene rings is 2. The molecular formula is C19H20FNO3S. The van der Waals surface area contributed by atoms with Crippen molar-refractivity contribution in [2.24, 2.45) is 0 Å². The molecule has 1 aliphatic heterocycles. The minimum absolute atomic E-state index is 0.160. The van der Waals surface area contributed by atoms with Crippen molar-refractivity contribution in [2.45, 2.75) is 17.7 Å². The Hall–Kier alpha value is -2.05. The molecule has 1 N–H and O–H groups in total. The fraction of sp³-hybridized carbons (Fsp3) is 0.316. The second-order valence-electron chi connectivity index (χ2n) is 6.31. The zero-order valence-corrected chi connectivity index (χ0v) is 14.7. The van der Waals surface area contributed by atoms with Crippen LogP contribution in [0.2, 0.25) is 0 Å². The van der Waals surface area contributed by atoms with E-state index in [4.69, 9.17) is 4.74 Å². The highest BCUT2D eigenvalue weighted by Gasteiger charge is 2.27. The first-order chi connectivity index (χ1) is 11.9. The third kappa shape index (κ3) is 4.14. The number of likely N-dealkylation sites (N-methyl/N-ethyl adjacent to an activating group) is 1. The third-order valence-corrected chi connectivity index (χ3v) is 4.86. The van der Waals surface area contributed by atoms with E-state index in [1.807, 2.05) is 7.05 Å². The SMILES string of the molecule is CN1CC(S)CC1COc1ccc(C(=O)O)c(-c2ccc(F)cc2)c1. The molecule has 2 atom stereocenters. The van der Waals surface area contributed by atoms with Gasteiger partial charge in [0.15, 0.2) is 0 Å². The second kappa shape index (κ2) is 7.45. The van der Waals surface area contributed by atoms with Crippen LogP contribution in [0.1, 0.15) is 16.8 Å². The summed E-state index contributed by atoms with van der Waals surface area (Å²) in [5, 5.41) is 9.76. The Morgan fingerprint density at radius 3 is 2.64 bits per heavy atom. The van der Waals surface area contributed by atoms with Crippen LogP contribution in [0.5, 0.6) is 5.75 Å². The van der Waals surface area contributed by atoms with Crippen LogP contribution in [0.25, 0.3) is 11.1 Å². The number of aromatic carboxylic acids is 1. The van der Waals surface area contributed by atoms with Crippen molar-refractivity contribution in [2.75, 3.05) is 20.2 Å². The Bertz CT molecular complexity index is 766. The predicted molar refractivity (Wildman–Crippen MR) is 98.1 cm³/mol. The maximum atomic E-state index is 13.2. The number of rotatable bonds is 5. The molecule has 1 heterocycles. The van der Waals surface area contributed by atoms with E-state index in [9.17, 15) is 14.3 Å². The van der Waals surface area contributed by atoms with Crippen molar-refractivity contribution in [1.82, 2.24) is 4.90 Å². The van der Waals surface area contributed by atoms with Crippen LogP contribution in [-0.2, 0) is 0 Å². The maximum absolute atomic E-state index is 13.2. The van der Waals surface area contributed by atoms with Crippen LogP contribution in [0, 0.1) is 5.82 Å². The number of nitrogens with zero attached hydrogens (tertiary/aromatic N) is 1. The number of carboxylic acid groups (broad SMARTS) is 1. The molecule has 3 rings (SSSR count). The number of likely N-dealkylation sites (tertiary alicyclic amines) is 1. The summed E-state index contributed by atoms with van der Waals surface area (Å²) >= 11 is 4.51. The molecule has 0 aliphatic carbocycles. The van der Waals surface area contributed by atoms with Crippen LogP contribution in [-0.4, -0.2) is 47.5 Å². The fourth-order valence-corrected chi connectivity index (χ4v) is 3.61. The van der Waals surface area contributed by atoms with Gasteiger partial charge in [0.25, 0.3) is 0 Å². The summed E-state index contributed by atoms with van der Waals surface area (Å²) in [6, 6.07) is 10.9. The standard InChI is InChI=1S/C19H20FNO3S/c1-21-10-16(25)8-14(21)11-24-15-6-7-17(19(22)23)18(9-15)12-2-4-13(20)5-3-12/h2-7,9,14,16,25H,8,10-11H2,1H3,(H,22,23).